The summed E-state index contributed by atoms with van der Waals surface area (Å²) in [6.45, 7) is 0.314. The van der Waals surface area contributed by atoms with Crippen molar-refractivity contribution in [1.29, 1.82) is 0 Å². The van der Waals surface area contributed by atoms with Crippen molar-refractivity contribution in [2.45, 2.75) is 11.4 Å². The van der Waals surface area contributed by atoms with Gasteiger partial charge in [0.25, 0.3) is 11.8 Å². The zero-order valence-electron chi connectivity index (χ0n) is 18.0. The zero-order chi connectivity index (χ0) is 23.4. The molecule has 2 amide bonds. The highest BCUT2D eigenvalue weighted by Gasteiger charge is 2.22. The van der Waals surface area contributed by atoms with Crippen LogP contribution in [0.3, 0.4) is 0 Å². The first-order chi connectivity index (χ1) is 16.0. The molecule has 0 aromatic heterocycles. The Labute approximate surface area is 200 Å². The number of carbonyl (C=O) groups is 2. The van der Waals surface area contributed by atoms with Gasteiger partial charge in [0.15, 0.2) is 11.5 Å². The van der Waals surface area contributed by atoms with Gasteiger partial charge in [0.05, 0.1) is 24.8 Å². The summed E-state index contributed by atoms with van der Waals surface area (Å²) in [7, 11) is 3.14. The van der Waals surface area contributed by atoms with Crippen molar-refractivity contribution in [3.05, 3.63) is 87.3 Å². The summed E-state index contributed by atoms with van der Waals surface area (Å²) in [5.41, 5.74) is 2.69. The lowest BCUT2D eigenvalue weighted by Crippen LogP contribution is -2.24. The minimum absolute atomic E-state index is 0.240. The summed E-state index contributed by atoms with van der Waals surface area (Å²) in [5, 5.41) is 6.33. The molecule has 0 saturated carbocycles. The molecule has 3 aromatic carbocycles. The van der Waals surface area contributed by atoms with E-state index in [4.69, 9.17) is 21.1 Å². The fourth-order valence-corrected chi connectivity index (χ4v) is 4.45. The highest BCUT2D eigenvalue weighted by molar-refractivity contribution is 8.04. The average Bonchev–Trinajstić information content (AvgIpc) is 2.83. The summed E-state index contributed by atoms with van der Waals surface area (Å²) in [6.07, 6.45) is 1.79. The molecular weight excluding hydrogens is 460 g/mol. The molecule has 0 unspecified atom stereocenters. The van der Waals surface area contributed by atoms with E-state index >= 15 is 0 Å². The van der Waals surface area contributed by atoms with Crippen LogP contribution in [0, 0.1) is 0 Å². The van der Waals surface area contributed by atoms with E-state index in [0.717, 1.165) is 16.0 Å². The number of halogens is 1. The number of fused-ring (bicyclic) bond motifs is 1. The van der Waals surface area contributed by atoms with Crippen molar-refractivity contribution < 1.29 is 19.1 Å². The number of hydrogen-bond acceptors (Lipinski definition) is 5. The van der Waals surface area contributed by atoms with Gasteiger partial charge >= 0.3 is 0 Å². The van der Waals surface area contributed by atoms with Gasteiger partial charge in [-0.05, 0) is 53.6 Å². The maximum Gasteiger partial charge on any atom is 0.262 e. The molecule has 33 heavy (non-hydrogen) atoms. The third kappa shape index (κ3) is 5.16. The number of carbonyl (C=O) groups excluding carboxylic acids is 2. The van der Waals surface area contributed by atoms with E-state index in [1.54, 1.807) is 44.6 Å². The van der Waals surface area contributed by atoms with Crippen LogP contribution in [0.2, 0.25) is 5.02 Å². The Hall–Kier alpha value is -3.42. The van der Waals surface area contributed by atoms with Crippen LogP contribution in [-0.4, -0.2) is 26.0 Å². The highest BCUT2D eigenvalue weighted by Crippen LogP contribution is 2.40. The molecule has 1 heterocycles. The Morgan fingerprint density at radius 2 is 1.85 bits per heavy atom. The Bertz CT molecular complexity index is 1260. The van der Waals surface area contributed by atoms with Crippen LogP contribution in [0.15, 0.2) is 70.5 Å². The van der Waals surface area contributed by atoms with Gasteiger partial charge in [0, 0.05) is 22.0 Å². The smallest absolute Gasteiger partial charge is 0.262 e. The van der Waals surface area contributed by atoms with E-state index in [9.17, 15) is 9.59 Å². The maximum absolute atomic E-state index is 12.7. The summed E-state index contributed by atoms with van der Waals surface area (Å²) >= 11 is 7.49. The van der Waals surface area contributed by atoms with E-state index in [1.165, 1.54) is 11.8 Å². The van der Waals surface area contributed by atoms with E-state index < -0.39 is 0 Å². The lowest BCUT2D eigenvalue weighted by molar-refractivity contribution is -0.112. The summed E-state index contributed by atoms with van der Waals surface area (Å²) in [5.74, 6) is 0.714. The van der Waals surface area contributed by atoms with E-state index in [2.05, 4.69) is 10.6 Å². The minimum Gasteiger partial charge on any atom is -0.493 e. The third-order valence-corrected chi connectivity index (χ3v) is 6.50. The van der Waals surface area contributed by atoms with Crippen molar-refractivity contribution in [1.82, 2.24) is 5.32 Å². The average molecular weight is 481 g/mol. The van der Waals surface area contributed by atoms with Crippen molar-refractivity contribution in [3.63, 3.8) is 0 Å². The molecule has 0 atom stereocenters. The summed E-state index contributed by atoms with van der Waals surface area (Å²) < 4.78 is 10.6. The minimum atomic E-state index is -0.247. The molecule has 0 saturated heterocycles. The van der Waals surface area contributed by atoms with Crippen molar-refractivity contribution in [3.8, 4) is 11.5 Å². The van der Waals surface area contributed by atoms with Crippen LogP contribution in [-0.2, 0) is 11.3 Å². The van der Waals surface area contributed by atoms with Crippen molar-refractivity contribution >= 4 is 46.9 Å². The number of methoxy groups -OCH3 is 2. The van der Waals surface area contributed by atoms with Gasteiger partial charge in [-0.1, -0.05) is 47.6 Å². The van der Waals surface area contributed by atoms with Crippen LogP contribution >= 0.6 is 23.4 Å². The topological polar surface area (TPSA) is 76.7 Å². The third-order valence-electron chi connectivity index (χ3n) is 5.04. The molecule has 6 nitrogen and oxygen atoms in total. The molecule has 3 aromatic rings. The Balaban J connectivity index is 1.50. The molecule has 0 radical (unpaired) electrons. The van der Waals surface area contributed by atoms with Crippen LogP contribution < -0.4 is 20.1 Å². The number of benzene rings is 3. The number of nitrogens with one attached hydrogen (secondary N) is 2. The standard InChI is InChI=1S/C25H21ClN2O4S/c1-31-20-9-7-15(11-21(20)32-2)12-23-25(30)28-19-13-16(8-10-22(19)33-23)24(29)27-14-17-5-3-4-6-18(17)26/h3-13H,14H2,1-2H3,(H,27,29)(H,28,30)/b23-12+. The Morgan fingerprint density at radius 1 is 1.06 bits per heavy atom. The fraction of sp³-hybridized carbons (Fsp3) is 0.120. The predicted octanol–water partition coefficient (Wildman–Crippen LogP) is 5.37. The van der Waals surface area contributed by atoms with Crippen LogP contribution in [0.5, 0.6) is 11.5 Å². The summed E-state index contributed by atoms with van der Waals surface area (Å²) in [6, 6.07) is 18.0. The SMILES string of the molecule is COc1ccc(/C=C2/Sc3ccc(C(=O)NCc4ccccc4Cl)cc3NC2=O)cc1OC. The van der Waals surface area contributed by atoms with Gasteiger partial charge < -0.3 is 20.1 Å². The van der Waals surface area contributed by atoms with Crippen LogP contribution in [0.1, 0.15) is 21.5 Å². The quantitative estimate of drug-likeness (QED) is 0.464. The van der Waals surface area contributed by atoms with Crippen molar-refractivity contribution in [2.75, 3.05) is 19.5 Å². The zero-order valence-corrected chi connectivity index (χ0v) is 19.5. The molecule has 8 heteroatoms. The molecule has 0 aliphatic carbocycles. The van der Waals surface area contributed by atoms with E-state index in [0.29, 0.717) is 39.2 Å². The number of amides is 2. The van der Waals surface area contributed by atoms with Crippen molar-refractivity contribution in [2.24, 2.45) is 0 Å². The van der Waals surface area contributed by atoms with Gasteiger partial charge in [-0.3, -0.25) is 9.59 Å². The molecule has 4 rings (SSSR count). The van der Waals surface area contributed by atoms with Gasteiger partial charge in [-0.25, -0.2) is 0 Å². The van der Waals surface area contributed by atoms with Crippen LogP contribution in [0.25, 0.3) is 6.08 Å². The predicted molar refractivity (Wildman–Crippen MR) is 131 cm³/mol. The molecular formula is C25H21ClN2O4S. The molecule has 0 fully saturated rings. The lowest BCUT2D eigenvalue weighted by Gasteiger charge is -2.19. The number of ether oxygens (including phenoxy) is 2. The maximum atomic E-state index is 12.7. The monoisotopic (exact) mass is 480 g/mol. The number of thioether (sulfide) groups is 1. The second kappa shape index (κ2) is 10.0. The van der Waals surface area contributed by atoms with E-state index in [-0.39, 0.29) is 11.8 Å². The lowest BCUT2D eigenvalue weighted by atomic mass is 10.1. The first-order valence-electron chi connectivity index (χ1n) is 10.1. The second-order valence-corrected chi connectivity index (χ2v) is 8.66. The van der Waals surface area contributed by atoms with Gasteiger partial charge in [0.1, 0.15) is 0 Å². The fourth-order valence-electron chi connectivity index (χ4n) is 3.31. The molecule has 1 aliphatic heterocycles. The van der Waals surface area contributed by atoms with Gasteiger partial charge in [-0.15, -0.1) is 0 Å². The number of rotatable bonds is 6. The normalized spacial score (nSPS) is 13.8. The first-order valence-corrected chi connectivity index (χ1v) is 11.3. The van der Waals surface area contributed by atoms with Gasteiger partial charge in [0.2, 0.25) is 0 Å². The molecule has 0 spiro atoms. The molecule has 1 aliphatic rings. The molecule has 0 bridgehead atoms. The second-order valence-electron chi connectivity index (χ2n) is 7.16. The number of anilines is 1. The Morgan fingerprint density at radius 3 is 2.61 bits per heavy atom. The largest absolute Gasteiger partial charge is 0.493 e. The van der Waals surface area contributed by atoms with Gasteiger partial charge in [-0.2, -0.15) is 0 Å². The van der Waals surface area contributed by atoms with Crippen LogP contribution in [0.4, 0.5) is 5.69 Å². The summed E-state index contributed by atoms with van der Waals surface area (Å²) in [4.78, 5) is 26.7. The van der Waals surface area contributed by atoms with E-state index in [1.807, 2.05) is 36.4 Å². The molecule has 168 valence electrons. The first kappa shape index (κ1) is 22.8. The highest BCUT2D eigenvalue weighted by atomic mass is 35.5. The molecule has 2 N–H and O–H groups in total. The Kier molecular flexibility index (Phi) is 6.91. The number of hydrogen-bond donors (Lipinski definition) is 2.